The summed E-state index contributed by atoms with van der Waals surface area (Å²) in [5.41, 5.74) is -3.57. The quantitative estimate of drug-likeness (QED) is 0.355. The summed E-state index contributed by atoms with van der Waals surface area (Å²) in [6.07, 6.45) is -1.58. The van der Waals surface area contributed by atoms with Crippen molar-refractivity contribution in [2.24, 2.45) is 0 Å². The molecule has 2 heterocycles. The van der Waals surface area contributed by atoms with Crippen LogP contribution in [0.4, 0.5) is 17.6 Å². The molecule has 0 saturated heterocycles. The second-order valence-electron chi connectivity index (χ2n) is 8.79. The highest BCUT2D eigenvalue weighted by atomic mass is 19.2. The third-order valence-electron chi connectivity index (χ3n) is 6.43. The number of aliphatic hydroxyl groups is 1. The van der Waals surface area contributed by atoms with Gasteiger partial charge in [0.2, 0.25) is 0 Å². The largest absolute Gasteiger partial charge is 0.497 e. The molecule has 2 atom stereocenters. The normalized spacial score (nSPS) is 19.5. The molecular formula is C28H21F4N3O4. The number of nitrogens with one attached hydrogen (secondary N) is 1. The minimum Gasteiger partial charge on any atom is -0.497 e. The van der Waals surface area contributed by atoms with Crippen LogP contribution in [0.15, 0.2) is 101 Å². The van der Waals surface area contributed by atoms with Gasteiger partial charge in [-0.2, -0.15) is 0 Å². The van der Waals surface area contributed by atoms with Crippen LogP contribution in [0.3, 0.4) is 0 Å². The third kappa shape index (κ3) is 4.40. The summed E-state index contributed by atoms with van der Waals surface area (Å²) in [4.78, 5) is 26.5. The van der Waals surface area contributed by atoms with Gasteiger partial charge in [0.05, 0.1) is 19.2 Å². The van der Waals surface area contributed by atoms with E-state index in [9.17, 15) is 19.1 Å². The van der Waals surface area contributed by atoms with Crippen LogP contribution in [-0.2, 0) is 6.54 Å². The molecule has 2 N–H and O–H groups in total. The number of amides is 1. The summed E-state index contributed by atoms with van der Waals surface area (Å²) < 4.78 is 68.1. The van der Waals surface area contributed by atoms with E-state index in [4.69, 9.17) is 4.74 Å². The average Bonchev–Trinajstić information content (AvgIpc) is 3.22. The van der Waals surface area contributed by atoms with E-state index < -0.39 is 52.0 Å². The monoisotopic (exact) mass is 539 g/mol. The molecule has 2 unspecified atom stereocenters. The summed E-state index contributed by atoms with van der Waals surface area (Å²) in [7, 11) is 1.50. The van der Waals surface area contributed by atoms with Crippen molar-refractivity contribution in [3.05, 3.63) is 123 Å². The number of ether oxygens (including phenoxy) is 1. The predicted octanol–water partition coefficient (Wildman–Crippen LogP) is 4.46. The van der Waals surface area contributed by atoms with E-state index >= 15 is 13.2 Å². The van der Waals surface area contributed by atoms with E-state index in [1.54, 1.807) is 35.6 Å². The van der Waals surface area contributed by atoms with Gasteiger partial charge < -0.3 is 15.2 Å². The van der Waals surface area contributed by atoms with Crippen LogP contribution >= 0.6 is 0 Å². The molecule has 39 heavy (non-hydrogen) atoms. The first-order valence-corrected chi connectivity index (χ1v) is 11.7. The molecule has 2 aromatic heterocycles. The molecular weight excluding hydrogens is 518 g/mol. The molecule has 1 aliphatic rings. The number of nitrogens with zero attached hydrogens (tertiary/aromatic N) is 2. The number of aromatic nitrogens is 2. The third-order valence-corrected chi connectivity index (χ3v) is 6.43. The number of rotatable bonds is 6. The SMILES string of the molecule is COc1ccc(Cn2c(=O)c(C(=O)NC3=C(F)C(F)=C(c4ccccc4)C(F)C3(O)F)c3ccccn32)cc1. The minimum absolute atomic E-state index is 0.00967. The maximum Gasteiger partial charge on any atom is 0.286 e. The van der Waals surface area contributed by atoms with Crippen molar-refractivity contribution in [2.45, 2.75) is 18.6 Å². The molecule has 0 aliphatic heterocycles. The van der Waals surface area contributed by atoms with E-state index in [0.29, 0.717) is 11.3 Å². The number of carbonyl (C=O) groups excluding carboxylic acids is 1. The lowest BCUT2D eigenvalue weighted by Gasteiger charge is -2.31. The van der Waals surface area contributed by atoms with E-state index in [0.717, 1.165) is 0 Å². The standard InChI is InChI=1S/C28H21F4N3O4/c1-39-18-12-10-16(11-13-18)15-35-27(37)21(19-9-5-6-14-34(19)35)26(36)33-25-23(30)22(29)20(24(31)28(25,32)38)17-7-3-2-4-8-17/h2-14,24,38H,15H2,1H3,(H,33,36). The van der Waals surface area contributed by atoms with Crippen LogP contribution in [0.1, 0.15) is 21.5 Å². The smallest absolute Gasteiger partial charge is 0.286 e. The van der Waals surface area contributed by atoms with Gasteiger partial charge in [0.15, 0.2) is 17.8 Å². The fourth-order valence-corrected chi connectivity index (χ4v) is 4.47. The van der Waals surface area contributed by atoms with Gasteiger partial charge in [-0.05, 0) is 35.4 Å². The lowest BCUT2D eigenvalue weighted by atomic mass is 9.89. The van der Waals surface area contributed by atoms with Gasteiger partial charge in [-0.1, -0.05) is 48.5 Å². The molecule has 0 bridgehead atoms. The van der Waals surface area contributed by atoms with Crippen LogP contribution in [-0.4, -0.2) is 39.3 Å². The summed E-state index contributed by atoms with van der Waals surface area (Å²) >= 11 is 0. The molecule has 1 aliphatic carbocycles. The summed E-state index contributed by atoms with van der Waals surface area (Å²) in [5.74, 6) is -8.69. The number of allylic oxidation sites excluding steroid dienone is 2. The number of halogens is 4. The highest BCUT2D eigenvalue weighted by molar-refractivity contribution is 6.01. The molecule has 0 spiro atoms. The zero-order valence-electron chi connectivity index (χ0n) is 20.4. The second-order valence-corrected chi connectivity index (χ2v) is 8.79. The predicted molar refractivity (Wildman–Crippen MR) is 135 cm³/mol. The van der Waals surface area contributed by atoms with Crippen LogP contribution in [0, 0.1) is 0 Å². The van der Waals surface area contributed by atoms with Gasteiger partial charge in [0, 0.05) is 11.8 Å². The molecule has 5 rings (SSSR count). The highest BCUT2D eigenvalue weighted by Crippen LogP contribution is 2.44. The molecule has 2 aromatic carbocycles. The van der Waals surface area contributed by atoms with Crippen molar-refractivity contribution in [3.8, 4) is 5.75 Å². The topological polar surface area (TPSA) is 85.0 Å². The average molecular weight is 539 g/mol. The number of hydrogen-bond acceptors (Lipinski definition) is 4. The Balaban J connectivity index is 1.56. The minimum atomic E-state index is -4.14. The fourth-order valence-electron chi connectivity index (χ4n) is 4.47. The Kier molecular flexibility index (Phi) is 6.61. The number of pyridine rings is 1. The Morgan fingerprint density at radius 2 is 1.69 bits per heavy atom. The molecule has 11 heteroatoms. The zero-order chi connectivity index (χ0) is 27.9. The van der Waals surface area contributed by atoms with Gasteiger partial charge in [0.1, 0.15) is 17.0 Å². The Labute approximate surface area is 218 Å². The van der Waals surface area contributed by atoms with Crippen LogP contribution in [0.25, 0.3) is 11.1 Å². The molecule has 4 aromatic rings. The van der Waals surface area contributed by atoms with Gasteiger partial charge in [0.25, 0.3) is 17.3 Å². The first-order valence-electron chi connectivity index (χ1n) is 11.7. The second kappa shape index (κ2) is 9.91. The van der Waals surface area contributed by atoms with Gasteiger partial charge in [-0.25, -0.2) is 22.2 Å². The van der Waals surface area contributed by atoms with Gasteiger partial charge in [-0.3, -0.25) is 14.1 Å². The molecule has 7 nitrogen and oxygen atoms in total. The number of fused-ring (bicyclic) bond motifs is 1. The number of benzene rings is 2. The first-order chi connectivity index (χ1) is 18.6. The molecule has 1 amide bonds. The van der Waals surface area contributed by atoms with E-state index in [-0.39, 0.29) is 17.6 Å². The fraction of sp³-hybridized carbons (Fsp3) is 0.143. The lowest BCUT2D eigenvalue weighted by molar-refractivity contribution is -0.100. The highest BCUT2D eigenvalue weighted by Gasteiger charge is 2.52. The number of hydrogen-bond donors (Lipinski definition) is 2. The van der Waals surface area contributed by atoms with E-state index in [1.807, 2.05) is 0 Å². The number of methoxy groups -OCH3 is 1. The van der Waals surface area contributed by atoms with Crippen LogP contribution in [0.2, 0.25) is 0 Å². The van der Waals surface area contributed by atoms with Crippen LogP contribution < -0.4 is 15.6 Å². The maximum absolute atomic E-state index is 15.3. The summed E-state index contributed by atoms with van der Waals surface area (Å²) in [6, 6.07) is 18.1. The Morgan fingerprint density at radius 1 is 1.03 bits per heavy atom. The van der Waals surface area contributed by atoms with E-state index in [1.165, 1.54) is 65.0 Å². The number of alkyl halides is 2. The van der Waals surface area contributed by atoms with Crippen molar-refractivity contribution in [2.75, 3.05) is 7.11 Å². The van der Waals surface area contributed by atoms with Crippen LogP contribution in [0.5, 0.6) is 5.75 Å². The van der Waals surface area contributed by atoms with Crippen molar-refractivity contribution in [3.63, 3.8) is 0 Å². The molecule has 0 radical (unpaired) electrons. The Morgan fingerprint density at radius 3 is 2.36 bits per heavy atom. The van der Waals surface area contributed by atoms with Crippen molar-refractivity contribution >= 4 is 17.0 Å². The molecule has 0 fully saturated rings. The van der Waals surface area contributed by atoms with Crippen molar-refractivity contribution in [1.29, 1.82) is 0 Å². The zero-order valence-corrected chi connectivity index (χ0v) is 20.4. The Hall–Kier alpha value is -4.64. The Bertz CT molecular complexity index is 1690. The van der Waals surface area contributed by atoms with Crippen molar-refractivity contribution < 1.29 is 32.2 Å². The van der Waals surface area contributed by atoms with Gasteiger partial charge >= 0.3 is 0 Å². The maximum atomic E-state index is 15.3. The van der Waals surface area contributed by atoms with Crippen molar-refractivity contribution in [1.82, 2.24) is 14.5 Å². The van der Waals surface area contributed by atoms with Gasteiger partial charge in [-0.15, -0.1) is 0 Å². The van der Waals surface area contributed by atoms with E-state index in [2.05, 4.69) is 0 Å². The first kappa shape index (κ1) is 26.0. The number of carbonyl (C=O) groups is 1. The summed E-state index contributed by atoms with van der Waals surface area (Å²) in [6.45, 7) is 0.00967. The molecule has 200 valence electrons. The lowest BCUT2D eigenvalue weighted by Crippen LogP contribution is -2.48. The molecule has 0 saturated carbocycles. The summed E-state index contributed by atoms with van der Waals surface area (Å²) in [5, 5.41) is 12.0.